The van der Waals surface area contributed by atoms with Crippen molar-refractivity contribution in [2.24, 2.45) is 0 Å². The van der Waals surface area contributed by atoms with Crippen LogP contribution in [0.4, 0.5) is 4.39 Å². The van der Waals surface area contributed by atoms with E-state index in [9.17, 15) is 14.0 Å². The quantitative estimate of drug-likeness (QED) is 0.350. The summed E-state index contributed by atoms with van der Waals surface area (Å²) in [6.45, 7) is 1.08. The van der Waals surface area contributed by atoms with E-state index in [0.717, 1.165) is 10.0 Å². The van der Waals surface area contributed by atoms with Gasteiger partial charge in [0.25, 0.3) is 0 Å². The molecule has 1 atom stereocenters. The summed E-state index contributed by atoms with van der Waals surface area (Å²) in [5.41, 5.74) is 1.57. The fraction of sp³-hybridized carbons (Fsp3) is 0.231. The summed E-state index contributed by atoms with van der Waals surface area (Å²) in [5, 5.41) is 0. The first-order chi connectivity index (χ1) is 16.8. The van der Waals surface area contributed by atoms with E-state index < -0.39 is 17.6 Å². The van der Waals surface area contributed by atoms with Gasteiger partial charge in [-0.25, -0.2) is 4.39 Å². The molecule has 1 aliphatic rings. The molecule has 0 radical (unpaired) electrons. The third kappa shape index (κ3) is 6.09. The van der Waals surface area contributed by atoms with E-state index in [1.807, 2.05) is 24.3 Å². The highest BCUT2D eigenvalue weighted by molar-refractivity contribution is 9.10. The monoisotopic (exact) mass is 604 g/mol. The summed E-state index contributed by atoms with van der Waals surface area (Å²) in [7, 11) is 1.56. The Hall–Kier alpha value is -2.75. The van der Waals surface area contributed by atoms with Gasteiger partial charge in [0.15, 0.2) is 11.6 Å². The Kier molecular flexibility index (Phi) is 8.20. The Morgan fingerprint density at radius 1 is 1.09 bits per heavy atom. The number of benzene rings is 3. The van der Waals surface area contributed by atoms with Crippen molar-refractivity contribution >= 4 is 43.7 Å². The number of amides is 2. The predicted octanol–water partition coefficient (Wildman–Crippen LogP) is 5.70. The predicted molar refractivity (Wildman–Crippen MR) is 137 cm³/mol. The second-order valence-electron chi connectivity index (χ2n) is 8.08. The number of nitrogens with zero attached hydrogens (tertiary/aromatic N) is 2. The van der Waals surface area contributed by atoms with Gasteiger partial charge in [-0.05, 0) is 35.9 Å². The fourth-order valence-electron chi connectivity index (χ4n) is 3.79. The van der Waals surface area contributed by atoms with Crippen LogP contribution in [0.2, 0.25) is 0 Å². The van der Waals surface area contributed by atoms with Gasteiger partial charge < -0.3 is 19.3 Å². The van der Waals surface area contributed by atoms with Gasteiger partial charge in [0.2, 0.25) is 0 Å². The molecule has 4 rings (SSSR count). The number of hydrogen-bond acceptors (Lipinski definition) is 4. The minimum absolute atomic E-state index is 0.0668. The Morgan fingerprint density at radius 2 is 1.83 bits per heavy atom. The molecule has 2 amide bonds. The van der Waals surface area contributed by atoms with E-state index in [0.29, 0.717) is 28.9 Å². The molecule has 1 aliphatic heterocycles. The second kappa shape index (κ2) is 11.3. The molecule has 6 nitrogen and oxygen atoms in total. The van der Waals surface area contributed by atoms with Crippen LogP contribution in [-0.2, 0) is 20.9 Å². The van der Waals surface area contributed by atoms with Gasteiger partial charge in [0.1, 0.15) is 11.9 Å². The minimum atomic E-state index is -0.637. The molecule has 182 valence electrons. The number of ether oxygens (including phenoxy) is 2. The summed E-state index contributed by atoms with van der Waals surface area (Å²) in [5.74, 6) is -1.27. The Labute approximate surface area is 219 Å². The van der Waals surface area contributed by atoms with Crippen molar-refractivity contribution in [2.45, 2.75) is 12.6 Å². The zero-order valence-electron chi connectivity index (χ0n) is 18.9. The molecule has 0 aromatic heterocycles. The van der Waals surface area contributed by atoms with Gasteiger partial charge >= 0.3 is 11.8 Å². The standard InChI is InChI=1S/C26H23Br2FN2O4/c1-30(15-17-6-2-5-9-22(17)35-23-11-10-18(27)14-21(23)29)25(32)26(33)31-12-13-34-24(16-31)19-7-3-4-8-20(19)28/h2-11,14,24H,12-13,15-16H2,1H3. The van der Waals surface area contributed by atoms with Crippen molar-refractivity contribution in [3.63, 3.8) is 0 Å². The fourth-order valence-corrected chi connectivity index (χ4v) is 4.67. The maximum Gasteiger partial charge on any atom is 0.312 e. The number of carbonyl (C=O) groups is 2. The van der Waals surface area contributed by atoms with Crippen molar-refractivity contribution in [3.8, 4) is 11.5 Å². The van der Waals surface area contributed by atoms with Gasteiger partial charge in [0, 0.05) is 34.6 Å². The van der Waals surface area contributed by atoms with E-state index >= 15 is 0 Å². The molecule has 1 fully saturated rings. The van der Waals surface area contributed by atoms with Crippen molar-refractivity contribution in [2.75, 3.05) is 26.7 Å². The molecule has 3 aromatic rings. The molecule has 35 heavy (non-hydrogen) atoms. The van der Waals surface area contributed by atoms with Gasteiger partial charge in [-0.3, -0.25) is 9.59 Å². The average molecular weight is 606 g/mol. The van der Waals surface area contributed by atoms with Gasteiger partial charge in [-0.2, -0.15) is 0 Å². The lowest BCUT2D eigenvalue weighted by Crippen LogP contribution is -2.49. The van der Waals surface area contributed by atoms with Crippen LogP contribution in [-0.4, -0.2) is 48.4 Å². The van der Waals surface area contributed by atoms with Crippen molar-refractivity contribution in [1.29, 1.82) is 0 Å². The Morgan fingerprint density at radius 3 is 2.60 bits per heavy atom. The highest BCUT2D eigenvalue weighted by Gasteiger charge is 2.31. The van der Waals surface area contributed by atoms with E-state index in [4.69, 9.17) is 9.47 Å². The smallest absolute Gasteiger partial charge is 0.312 e. The van der Waals surface area contributed by atoms with E-state index in [1.54, 1.807) is 37.4 Å². The van der Waals surface area contributed by atoms with Crippen LogP contribution in [0.1, 0.15) is 17.2 Å². The zero-order valence-corrected chi connectivity index (χ0v) is 22.1. The topological polar surface area (TPSA) is 59.1 Å². The van der Waals surface area contributed by atoms with Crippen LogP contribution in [0.15, 0.2) is 75.7 Å². The number of halogens is 3. The highest BCUT2D eigenvalue weighted by atomic mass is 79.9. The molecule has 0 spiro atoms. The van der Waals surface area contributed by atoms with E-state index in [1.165, 1.54) is 21.9 Å². The Balaban J connectivity index is 1.44. The summed E-state index contributed by atoms with van der Waals surface area (Å²) >= 11 is 6.75. The lowest BCUT2D eigenvalue weighted by molar-refractivity contribution is -0.155. The van der Waals surface area contributed by atoms with Crippen LogP contribution in [0, 0.1) is 5.82 Å². The molecule has 9 heteroatoms. The SMILES string of the molecule is CN(Cc1ccccc1Oc1ccc(Br)cc1F)C(=O)C(=O)N1CCOC(c2ccccc2Br)C1. The molecule has 0 bridgehead atoms. The Bertz CT molecular complexity index is 1240. The third-order valence-electron chi connectivity index (χ3n) is 5.63. The van der Waals surface area contributed by atoms with Gasteiger partial charge in [-0.15, -0.1) is 0 Å². The summed E-state index contributed by atoms with van der Waals surface area (Å²) in [6.07, 6.45) is -0.323. The molecule has 3 aromatic carbocycles. The largest absolute Gasteiger partial charge is 0.454 e. The molecule has 0 N–H and O–H groups in total. The van der Waals surface area contributed by atoms with Gasteiger partial charge in [-0.1, -0.05) is 68.3 Å². The summed E-state index contributed by atoms with van der Waals surface area (Å²) < 4.78 is 27.4. The number of morpholine rings is 1. The average Bonchev–Trinajstić information content (AvgIpc) is 2.86. The molecule has 1 saturated heterocycles. The van der Waals surface area contributed by atoms with E-state index in [-0.39, 0.29) is 24.9 Å². The number of likely N-dealkylation sites (N-methyl/N-ethyl adjacent to an activating group) is 1. The molecule has 1 unspecified atom stereocenters. The molecule has 1 heterocycles. The number of hydrogen-bond donors (Lipinski definition) is 0. The second-order valence-corrected chi connectivity index (χ2v) is 9.85. The first-order valence-electron chi connectivity index (χ1n) is 10.9. The lowest BCUT2D eigenvalue weighted by atomic mass is 10.1. The van der Waals surface area contributed by atoms with Crippen LogP contribution >= 0.6 is 31.9 Å². The normalized spacial score (nSPS) is 15.5. The highest BCUT2D eigenvalue weighted by Crippen LogP contribution is 2.31. The van der Waals surface area contributed by atoms with Crippen molar-refractivity contribution in [1.82, 2.24) is 9.80 Å². The molecule has 0 saturated carbocycles. The summed E-state index contributed by atoms with van der Waals surface area (Å²) in [4.78, 5) is 28.9. The van der Waals surface area contributed by atoms with Gasteiger partial charge in [0.05, 0.1) is 13.2 Å². The number of rotatable bonds is 5. The first kappa shape index (κ1) is 25.3. The summed E-state index contributed by atoms with van der Waals surface area (Å²) in [6, 6.07) is 19.2. The maximum atomic E-state index is 14.3. The van der Waals surface area contributed by atoms with Crippen LogP contribution in [0.3, 0.4) is 0 Å². The minimum Gasteiger partial charge on any atom is -0.454 e. The number of carbonyl (C=O) groups excluding carboxylic acids is 2. The van der Waals surface area contributed by atoms with Crippen molar-refractivity contribution in [3.05, 3.63) is 92.6 Å². The molecule has 0 aliphatic carbocycles. The number of para-hydroxylation sites is 1. The molecular weight excluding hydrogens is 583 g/mol. The van der Waals surface area contributed by atoms with Crippen LogP contribution in [0.25, 0.3) is 0 Å². The van der Waals surface area contributed by atoms with Crippen LogP contribution < -0.4 is 4.74 Å². The zero-order chi connectivity index (χ0) is 24.9. The molecular formula is C26H23Br2FN2O4. The third-order valence-corrected chi connectivity index (χ3v) is 6.84. The van der Waals surface area contributed by atoms with E-state index in [2.05, 4.69) is 31.9 Å². The lowest BCUT2D eigenvalue weighted by Gasteiger charge is -2.34. The van der Waals surface area contributed by atoms with Crippen molar-refractivity contribution < 1.29 is 23.5 Å². The maximum absolute atomic E-state index is 14.3. The van der Waals surface area contributed by atoms with Crippen LogP contribution in [0.5, 0.6) is 11.5 Å². The first-order valence-corrected chi connectivity index (χ1v) is 12.5.